The first kappa shape index (κ1) is 31.2. The van der Waals surface area contributed by atoms with Crippen molar-refractivity contribution >= 4 is 64.4 Å². The average molecular weight is 673 g/mol. The number of hydrogen-bond donors (Lipinski definition) is 7. The minimum absolute atomic E-state index is 0.00237. The van der Waals surface area contributed by atoms with Crippen LogP contribution in [0.25, 0.3) is 22.3 Å². The number of aromatic amines is 1. The molecule has 238 valence electrons. The first-order valence-corrected chi connectivity index (χ1v) is 16.7. The molecule has 0 radical (unpaired) electrons. The van der Waals surface area contributed by atoms with Crippen molar-refractivity contribution in [2.45, 2.75) is 53.8 Å². The molecule has 0 bridgehead atoms. The van der Waals surface area contributed by atoms with Gasteiger partial charge < -0.3 is 45.7 Å². The summed E-state index contributed by atoms with van der Waals surface area (Å²) in [6.07, 6.45) is -1.83. The van der Waals surface area contributed by atoms with Gasteiger partial charge in [-0.2, -0.15) is 4.98 Å². The van der Waals surface area contributed by atoms with E-state index in [-0.39, 0.29) is 36.0 Å². The van der Waals surface area contributed by atoms with Crippen LogP contribution in [0.5, 0.6) is 0 Å². The number of aliphatic hydroxyl groups excluding tert-OH is 3. The van der Waals surface area contributed by atoms with E-state index in [1.54, 1.807) is 4.57 Å². The van der Waals surface area contributed by atoms with E-state index in [1.807, 2.05) is 0 Å². The highest BCUT2D eigenvalue weighted by Gasteiger charge is 2.48. The van der Waals surface area contributed by atoms with Crippen LogP contribution >= 0.6 is 18.5 Å². The van der Waals surface area contributed by atoms with Crippen molar-refractivity contribution in [3.8, 4) is 0 Å². The van der Waals surface area contributed by atoms with E-state index < -0.39 is 66.3 Å². The van der Waals surface area contributed by atoms with Gasteiger partial charge in [0.25, 0.3) is 5.56 Å². The summed E-state index contributed by atoms with van der Waals surface area (Å²) in [5.74, 6) is 0.0426. The van der Waals surface area contributed by atoms with Crippen LogP contribution in [0.2, 0.25) is 0 Å². The maximum atomic E-state index is 12.3. The molecule has 4 aromatic rings. The highest BCUT2D eigenvalue weighted by atomic mass is 32.5. The Balaban J connectivity index is 1.15. The highest BCUT2D eigenvalue weighted by molar-refractivity contribution is 8.07. The van der Waals surface area contributed by atoms with Gasteiger partial charge in [0.15, 0.2) is 28.9 Å². The van der Waals surface area contributed by atoms with Gasteiger partial charge in [-0.05, 0) is 11.8 Å². The highest BCUT2D eigenvalue weighted by Crippen LogP contribution is 2.53. The molecule has 0 aliphatic carbocycles. The van der Waals surface area contributed by atoms with Gasteiger partial charge in [0.1, 0.15) is 35.5 Å². The van der Waals surface area contributed by atoms with Gasteiger partial charge in [-0.15, -0.1) is 11.8 Å². The number of fused-ring (bicyclic) bond motifs is 2. The lowest BCUT2D eigenvalue weighted by Gasteiger charge is -2.27. The molecule has 0 spiro atoms. The van der Waals surface area contributed by atoms with Crippen LogP contribution in [-0.2, 0) is 30.3 Å². The van der Waals surface area contributed by atoms with E-state index in [0.717, 1.165) is 11.8 Å². The predicted molar refractivity (Wildman–Crippen MR) is 158 cm³/mol. The molecule has 6 heterocycles. The predicted octanol–water partition coefficient (Wildman–Crippen LogP) is -1.63. The Morgan fingerprint density at radius 2 is 1.86 bits per heavy atom. The maximum absolute atomic E-state index is 12.3. The fourth-order valence-corrected chi connectivity index (χ4v) is 8.26. The van der Waals surface area contributed by atoms with Gasteiger partial charge in [-0.25, -0.2) is 19.9 Å². The first-order valence-electron chi connectivity index (χ1n) is 13.1. The lowest BCUT2D eigenvalue weighted by atomic mass is 10.1. The Morgan fingerprint density at radius 1 is 1.11 bits per heavy atom. The third-order valence-electron chi connectivity index (χ3n) is 7.38. The Labute approximate surface area is 256 Å². The molecule has 2 fully saturated rings. The summed E-state index contributed by atoms with van der Waals surface area (Å²) in [6.45, 7) is -4.62. The number of nitrogen functional groups attached to an aromatic ring is 2. The second-order valence-corrected chi connectivity index (χ2v) is 14.2. The number of aliphatic hydroxyl groups is 3. The van der Waals surface area contributed by atoms with Gasteiger partial charge in [0, 0.05) is 13.5 Å². The van der Waals surface area contributed by atoms with E-state index >= 15 is 0 Å². The number of nitrogens with two attached hydrogens (primary N) is 2. The monoisotopic (exact) mass is 672 g/mol. The number of aromatic nitrogens is 8. The summed E-state index contributed by atoms with van der Waals surface area (Å²) in [7, 11) is 1.43. The van der Waals surface area contributed by atoms with Gasteiger partial charge in [-0.3, -0.25) is 23.4 Å². The minimum Gasteiger partial charge on any atom is -0.395 e. The van der Waals surface area contributed by atoms with Gasteiger partial charge in [0.2, 0.25) is 5.95 Å². The number of imidazole rings is 2. The zero-order valence-corrected chi connectivity index (χ0v) is 25.4. The third kappa shape index (κ3) is 5.58. The van der Waals surface area contributed by atoms with Crippen LogP contribution in [0.15, 0.2) is 23.8 Å². The van der Waals surface area contributed by atoms with E-state index in [9.17, 15) is 25.0 Å². The summed E-state index contributed by atoms with van der Waals surface area (Å²) in [6, 6.07) is 0. The molecular weight excluding hydrogens is 643 g/mol. The molecule has 0 saturated carbocycles. The lowest BCUT2D eigenvalue weighted by molar-refractivity contribution is -0.0522. The molecule has 6 rings (SSSR count). The number of nitrogens with one attached hydrogen (secondary N) is 1. The normalized spacial score (nSPS) is 30.4. The van der Waals surface area contributed by atoms with Crippen molar-refractivity contribution in [3.63, 3.8) is 0 Å². The molecule has 9 atom stereocenters. The van der Waals surface area contributed by atoms with Gasteiger partial charge in [0.05, 0.1) is 43.3 Å². The minimum atomic E-state index is -4.02. The number of thioether (sulfide) groups is 1. The van der Waals surface area contributed by atoms with Gasteiger partial charge >= 0.3 is 6.72 Å². The van der Waals surface area contributed by atoms with Crippen LogP contribution in [0.4, 0.5) is 11.8 Å². The molecule has 0 amide bonds. The van der Waals surface area contributed by atoms with E-state index in [4.69, 9.17) is 41.8 Å². The zero-order chi connectivity index (χ0) is 31.3. The smallest absolute Gasteiger partial charge is 0.324 e. The number of H-pyrrole nitrogens is 1. The summed E-state index contributed by atoms with van der Waals surface area (Å²) in [5.41, 5.74) is 11.9. The Hall–Kier alpha value is -2.82. The van der Waals surface area contributed by atoms with Crippen molar-refractivity contribution in [2.75, 3.05) is 31.8 Å². The second kappa shape index (κ2) is 12.2. The molecule has 2 aliphatic rings. The maximum Gasteiger partial charge on any atom is 0.324 e. The lowest BCUT2D eigenvalue weighted by Crippen LogP contribution is -2.35. The Kier molecular flexibility index (Phi) is 8.63. The molecule has 2 aliphatic heterocycles. The molecule has 44 heavy (non-hydrogen) atoms. The van der Waals surface area contributed by atoms with Crippen molar-refractivity contribution in [2.24, 2.45) is 0 Å². The van der Waals surface area contributed by atoms with Crippen LogP contribution in [0.3, 0.4) is 0 Å². The quantitative estimate of drug-likeness (QED) is 0.0931. The van der Waals surface area contributed by atoms with Crippen molar-refractivity contribution in [1.82, 2.24) is 39.0 Å². The Bertz CT molecular complexity index is 1770. The van der Waals surface area contributed by atoms with Crippen molar-refractivity contribution < 1.29 is 38.7 Å². The van der Waals surface area contributed by atoms with Crippen molar-refractivity contribution in [1.29, 1.82) is 0 Å². The SMILES string of the molecule is CO[C@@H]1[C@H](O)[C@@H](CCOP(O)(=S)O[C@@H]2[C@H](O)[C@@H](CO)S[C@H]2n2cnc3c(=O)[nH]c(N)nc32)O[C@H]1n1cnc2c(N)ncnc21. The molecular formula is C22H29N10O9PS2. The number of anilines is 2. The number of ether oxygens (including phenoxy) is 2. The molecule has 1 unspecified atom stereocenters. The molecule has 22 heteroatoms. The van der Waals surface area contributed by atoms with Gasteiger partial charge in [-0.1, -0.05) is 0 Å². The molecule has 2 saturated heterocycles. The van der Waals surface area contributed by atoms with E-state index in [1.165, 1.54) is 30.7 Å². The fourth-order valence-electron chi connectivity index (χ4n) is 5.30. The van der Waals surface area contributed by atoms with Crippen LogP contribution in [0.1, 0.15) is 18.0 Å². The number of hydrogen-bond acceptors (Lipinski definition) is 17. The number of rotatable bonds is 10. The summed E-state index contributed by atoms with van der Waals surface area (Å²) >= 11 is 6.37. The van der Waals surface area contributed by atoms with Crippen molar-refractivity contribution in [3.05, 3.63) is 29.3 Å². The average Bonchev–Trinajstić information content (AvgIpc) is 3.73. The first-order chi connectivity index (χ1) is 21.0. The number of nitrogens with zero attached hydrogens (tertiary/aromatic N) is 7. The second-order valence-electron chi connectivity index (χ2n) is 10.0. The third-order valence-corrected chi connectivity index (χ3v) is 10.5. The Morgan fingerprint density at radius 3 is 2.61 bits per heavy atom. The van der Waals surface area contributed by atoms with Crippen LogP contribution < -0.4 is 17.0 Å². The zero-order valence-electron chi connectivity index (χ0n) is 22.9. The summed E-state index contributed by atoms with van der Waals surface area (Å²) in [4.78, 5) is 46.2. The van der Waals surface area contributed by atoms with E-state index in [2.05, 4.69) is 29.9 Å². The molecule has 4 aromatic heterocycles. The van der Waals surface area contributed by atoms with Crippen LogP contribution in [-0.4, -0.2) is 115 Å². The van der Waals surface area contributed by atoms with Crippen LogP contribution in [0, 0.1) is 0 Å². The summed E-state index contributed by atoms with van der Waals surface area (Å²) in [5, 5.41) is 30.2. The largest absolute Gasteiger partial charge is 0.395 e. The molecule has 0 aromatic carbocycles. The number of methoxy groups -OCH3 is 1. The standard InChI is InChI=1S/C22H29N10O9PS2/c1-38-14-12(34)8(40-20(14)31-6-27-10-16(23)25-5-26-17(10)31)2-3-39-42(37,43)41-15-13(35)9(4-33)44-21(15)32-7-28-11-18(32)29-22(24)30-19(11)36/h5-9,12-15,20-21,33-35H,2-4H2,1H3,(H,37,43)(H2,23,25,26)(H3,24,29,30,36)/t8-,9-,12-,13-,14-,15-,20-,21-,42?/m1/s1. The molecule has 19 nitrogen and oxygen atoms in total. The molecule has 9 N–H and O–H groups in total. The summed E-state index contributed by atoms with van der Waals surface area (Å²) < 4.78 is 26.0. The fraction of sp³-hybridized carbons (Fsp3) is 0.545. The van der Waals surface area contributed by atoms with E-state index in [0.29, 0.717) is 11.2 Å². The topological polar surface area (TPSA) is 277 Å².